The van der Waals surface area contributed by atoms with Gasteiger partial charge in [0.15, 0.2) is 0 Å². The molecule has 1 aromatic heterocycles. The van der Waals surface area contributed by atoms with Gasteiger partial charge in [0.2, 0.25) is 0 Å². The van der Waals surface area contributed by atoms with E-state index in [0.717, 1.165) is 15.6 Å². The summed E-state index contributed by atoms with van der Waals surface area (Å²) in [5.41, 5.74) is 2.83. The van der Waals surface area contributed by atoms with Crippen molar-refractivity contribution < 1.29 is 4.79 Å². The first-order chi connectivity index (χ1) is 11.6. The Balaban J connectivity index is 1.63. The van der Waals surface area contributed by atoms with Gasteiger partial charge in [0.25, 0.3) is 5.91 Å². The lowest BCUT2D eigenvalue weighted by Gasteiger charge is -2.14. The van der Waals surface area contributed by atoms with Crippen molar-refractivity contribution in [2.45, 2.75) is 19.5 Å². The van der Waals surface area contributed by atoms with Gasteiger partial charge in [-0.25, -0.2) is 0 Å². The molecule has 0 bridgehead atoms. The van der Waals surface area contributed by atoms with E-state index in [1.165, 1.54) is 0 Å². The molecule has 0 saturated heterocycles. The van der Waals surface area contributed by atoms with Crippen molar-refractivity contribution in [2.24, 2.45) is 0 Å². The molecular weight excluding hydrogens is 366 g/mol. The Labute approximate surface area is 149 Å². The Morgan fingerprint density at radius 3 is 2.50 bits per heavy atom. The van der Waals surface area contributed by atoms with Gasteiger partial charge in [0, 0.05) is 22.4 Å². The predicted octanol–water partition coefficient (Wildman–Crippen LogP) is 4.18. The highest BCUT2D eigenvalue weighted by atomic mass is 79.9. The SMILES string of the molecule is CC(NC(=O)c1ccc(Cn2cccn2)cc1)c1ccc(Br)cc1. The number of amides is 1. The molecule has 1 N–H and O–H groups in total. The van der Waals surface area contributed by atoms with Gasteiger partial charge in [0.1, 0.15) is 0 Å². The van der Waals surface area contributed by atoms with Gasteiger partial charge in [-0.15, -0.1) is 0 Å². The number of hydrogen-bond acceptors (Lipinski definition) is 2. The largest absolute Gasteiger partial charge is 0.346 e. The number of nitrogens with one attached hydrogen (secondary N) is 1. The minimum absolute atomic E-state index is 0.0469. The standard InChI is InChI=1S/C19H18BrN3O/c1-14(16-7-9-18(20)10-8-16)22-19(24)17-5-3-15(4-6-17)13-23-12-2-11-21-23/h2-12,14H,13H2,1H3,(H,22,24). The number of carbonyl (C=O) groups is 1. The average Bonchev–Trinajstić information content (AvgIpc) is 3.09. The molecule has 0 fully saturated rings. The maximum absolute atomic E-state index is 12.4. The van der Waals surface area contributed by atoms with Gasteiger partial charge in [0.05, 0.1) is 12.6 Å². The van der Waals surface area contributed by atoms with Gasteiger partial charge in [-0.05, 0) is 48.4 Å². The third kappa shape index (κ3) is 4.11. The Morgan fingerprint density at radius 1 is 1.17 bits per heavy atom. The van der Waals surface area contributed by atoms with Crippen LogP contribution in [0.25, 0.3) is 0 Å². The third-order valence-corrected chi connectivity index (χ3v) is 4.37. The first-order valence-electron chi connectivity index (χ1n) is 7.74. The van der Waals surface area contributed by atoms with Crippen molar-refractivity contribution in [3.05, 3.63) is 88.2 Å². The zero-order valence-corrected chi connectivity index (χ0v) is 14.9. The molecule has 0 spiro atoms. The first-order valence-corrected chi connectivity index (χ1v) is 8.54. The summed E-state index contributed by atoms with van der Waals surface area (Å²) in [6.45, 7) is 2.68. The molecule has 1 amide bonds. The van der Waals surface area contributed by atoms with Crippen molar-refractivity contribution in [3.63, 3.8) is 0 Å². The maximum Gasteiger partial charge on any atom is 0.251 e. The van der Waals surface area contributed by atoms with Crippen LogP contribution in [0.1, 0.15) is 34.5 Å². The lowest BCUT2D eigenvalue weighted by atomic mass is 10.1. The fraction of sp³-hybridized carbons (Fsp3) is 0.158. The molecule has 1 unspecified atom stereocenters. The fourth-order valence-corrected chi connectivity index (χ4v) is 2.72. The summed E-state index contributed by atoms with van der Waals surface area (Å²) in [5.74, 6) is -0.0731. The van der Waals surface area contributed by atoms with E-state index in [1.54, 1.807) is 6.20 Å². The third-order valence-electron chi connectivity index (χ3n) is 3.84. The normalized spacial score (nSPS) is 11.9. The first kappa shape index (κ1) is 16.5. The molecule has 0 aliphatic rings. The molecule has 0 saturated carbocycles. The van der Waals surface area contributed by atoms with Crippen molar-refractivity contribution >= 4 is 21.8 Å². The minimum Gasteiger partial charge on any atom is -0.346 e. The van der Waals surface area contributed by atoms with Crippen LogP contribution >= 0.6 is 15.9 Å². The maximum atomic E-state index is 12.4. The number of halogens is 1. The zero-order valence-electron chi connectivity index (χ0n) is 13.3. The lowest BCUT2D eigenvalue weighted by Crippen LogP contribution is -2.26. The summed E-state index contributed by atoms with van der Waals surface area (Å²) < 4.78 is 2.88. The van der Waals surface area contributed by atoms with E-state index < -0.39 is 0 Å². The fourth-order valence-electron chi connectivity index (χ4n) is 2.46. The summed E-state index contributed by atoms with van der Waals surface area (Å²) >= 11 is 3.42. The Morgan fingerprint density at radius 2 is 1.88 bits per heavy atom. The van der Waals surface area contributed by atoms with Gasteiger partial charge in [-0.1, -0.05) is 40.2 Å². The van der Waals surface area contributed by atoms with E-state index in [-0.39, 0.29) is 11.9 Å². The molecule has 2 aromatic carbocycles. The number of nitrogens with zero attached hydrogens (tertiary/aromatic N) is 2. The summed E-state index contributed by atoms with van der Waals surface area (Å²) in [7, 11) is 0. The summed E-state index contributed by atoms with van der Waals surface area (Å²) in [6.07, 6.45) is 3.67. The van der Waals surface area contributed by atoms with Crippen molar-refractivity contribution in [2.75, 3.05) is 0 Å². The molecule has 0 aliphatic heterocycles. The van der Waals surface area contributed by atoms with Crippen molar-refractivity contribution in [1.82, 2.24) is 15.1 Å². The van der Waals surface area contributed by atoms with Crippen LogP contribution in [0.5, 0.6) is 0 Å². The van der Waals surface area contributed by atoms with Gasteiger partial charge in [-0.3, -0.25) is 9.48 Å². The van der Waals surface area contributed by atoms with Crippen LogP contribution in [0.3, 0.4) is 0 Å². The highest BCUT2D eigenvalue weighted by molar-refractivity contribution is 9.10. The predicted molar refractivity (Wildman–Crippen MR) is 97.8 cm³/mol. The molecule has 24 heavy (non-hydrogen) atoms. The number of benzene rings is 2. The number of carbonyl (C=O) groups excluding carboxylic acids is 1. The Kier molecular flexibility index (Phi) is 5.11. The van der Waals surface area contributed by atoms with Crippen LogP contribution in [-0.4, -0.2) is 15.7 Å². The second-order valence-corrected chi connectivity index (χ2v) is 6.56. The number of hydrogen-bond donors (Lipinski definition) is 1. The Hall–Kier alpha value is -2.40. The molecule has 4 nitrogen and oxygen atoms in total. The van der Waals surface area contributed by atoms with E-state index in [9.17, 15) is 4.79 Å². The van der Waals surface area contributed by atoms with Crippen LogP contribution in [0.2, 0.25) is 0 Å². The second-order valence-electron chi connectivity index (χ2n) is 5.65. The molecule has 1 atom stereocenters. The molecular formula is C19H18BrN3O. The molecule has 1 heterocycles. The quantitative estimate of drug-likeness (QED) is 0.717. The van der Waals surface area contributed by atoms with Crippen molar-refractivity contribution in [1.29, 1.82) is 0 Å². The van der Waals surface area contributed by atoms with E-state index in [4.69, 9.17) is 0 Å². The highest BCUT2D eigenvalue weighted by Crippen LogP contribution is 2.17. The smallest absolute Gasteiger partial charge is 0.251 e. The topological polar surface area (TPSA) is 46.9 Å². The number of aromatic nitrogens is 2. The lowest BCUT2D eigenvalue weighted by molar-refractivity contribution is 0.0940. The van der Waals surface area contributed by atoms with Gasteiger partial charge in [-0.2, -0.15) is 5.10 Å². The van der Waals surface area contributed by atoms with Crippen LogP contribution in [0.15, 0.2) is 71.5 Å². The Bertz CT molecular complexity index is 796. The van der Waals surface area contributed by atoms with Crippen LogP contribution < -0.4 is 5.32 Å². The van der Waals surface area contributed by atoms with E-state index >= 15 is 0 Å². The zero-order chi connectivity index (χ0) is 16.9. The minimum atomic E-state index is -0.0731. The molecule has 0 radical (unpaired) electrons. The second kappa shape index (κ2) is 7.45. The van der Waals surface area contributed by atoms with Gasteiger partial charge >= 0.3 is 0 Å². The van der Waals surface area contributed by atoms with Crippen LogP contribution in [-0.2, 0) is 6.54 Å². The summed E-state index contributed by atoms with van der Waals surface area (Å²) in [5, 5.41) is 7.21. The van der Waals surface area contributed by atoms with Crippen LogP contribution in [0, 0.1) is 0 Å². The monoisotopic (exact) mass is 383 g/mol. The highest BCUT2D eigenvalue weighted by Gasteiger charge is 2.11. The summed E-state index contributed by atoms with van der Waals surface area (Å²) in [6, 6.07) is 17.4. The van der Waals surface area contributed by atoms with Crippen molar-refractivity contribution in [3.8, 4) is 0 Å². The molecule has 5 heteroatoms. The van der Waals surface area contributed by atoms with E-state index in [2.05, 4.69) is 26.3 Å². The molecule has 122 valence electrons. The van der Waals surface area contributed by atoms with E-state index in [1.807, 2.05) is 72.4 Å². The number of rotatable bonds is 5. The molecule has 3 aromatic rings. The summed E-state index contributed by atoms with van der Waals surface area (Å²) in [4.78, 5) is 12.4. The van der Waals surface area contributed by atoms with E-state index in [0.29, 0.717) is 12.1 Å². The molecule has 3 rings (SSSR count). The van der Waals surface area contributed by atoms with Crippen LogP contribution in [0.4, 0.5) is 0 Å². The van der Waals surface area contributed by atoms with Gasteiger partial charge < -0.3 is 5.32 Å². The molecule has 0 aliphatic carbocycles. The average molecular weight is 384 g/mol.